The van der Waals surface area contributed by atoms with Crippen molar-refractivity contribution in [2.45, 2.75) is 38.8 Å². The molecule has 2 unspecified atom stereocenters. The van der Waals surface area contributed by atoms with E-state index in [-0.39, 0.29) is 18.0 Å². The molecule has 1 saturated heterocycles. The van der Waals surface area contributed by atoms with E-state index < -0.39 is 0 Å². The monoisotopic (exact) mass is 238 g/mol. The fourth-order valence-corrected chi connectivity index (χ4v) is 3.02. The lowest BCUT2D eigenvalue weighted by molar-refractivity contribution is 0.0624. The van der Waals surface area contributed by atoms with E-state index in [9.17, 15) is 4.79 Å². The van der Waals surface area contributed by atoms with E-state index in [1.807, 2.05) is 24.0 Å². The lowest BCUT2D eigenvalue weighted by Crippen LogP contribution is -2.48. The Morgan fingerprint density at radius 1 is 1.56 bits per heavy atom. The number of rotatable bonds is 1. The molecule has 1 aliphatic rings. The van der Waals surface area contributed by atoms with Crippen LogP contribution in [-0.4, -0.2) is 29.4 Å². The summed E-state index contributed by atoms with van der Waals surface area (Å²) in [4.78, 5) is 16.2. The molecule has 0 aliphatic carbocycles. The molecule has 0 bridgehead atoms. The average Bonchev–Trinajstić information content (AvgIpc) is 2.64. The van der Waals surface area contributed by atoms with Crippen LogP contribution >= 0.6 is 11.3 Å². The van der Waals surface area contributed by atoms with Crippen molar-refractivity contribution in [1.82, 2.24) is 4.90 Å². The summed E-state index contributed by atoms with van der Waals surface area (Å²) in [5.41, 5.74) is 5.89. The molecule has 2 rings (SSSR count). The first kappa shape index (κ1) is 11.6. The first-order valence-electron chi connectivity index (χ1n) is 5.71. The first-order valence-corrected chi connectivity index (χ1v) is 6.52. The maximum atomic E-state index is 12.2. The van der Waals surface area contributed by atoms with E-state index in [1.165, 1.54) is 4.88 Å². The first-order chi connectivity index (χ1) is 7.58. The molecule has 0 radical (unpaired) electrons. The van der Waals surface area contributed by atoms with Gasteiger partial charge in [0.15, 0.2) is 0 Å². The highest BCUT2D eigenvalue weighted by molar-refractivity contribution is 7.13. The zero-order chi connectivity index (χ0) is 11.7. The molecule has 2 N–H and O–H groups in total. The highest BCUT2D eigenvalue weighted by Gasteiger charge is 2.28. The van der Waals surface area contributed by atoms with Gasteiger partial charge in [-0.2, -0.15) is 0 Å². The molecule has 2 atom stereocenters. The molecule has 0 saturated carbocycles. The number of hydrogen-bond donors (Lipinski definition) is 1. The molecular weight excluding hydrogens is 220 g/mol. The van der Waals surface area contributed by atoms with Gasteiger partial charge in [0.1, 0.15) is 0 Å². The lowest BCUT2D eigenvalue weighted by atomic mass is 9.99. The maximum absolute atomic E-state index is 12.2. The van der Waals surface area contributed by atoms with Crippen molar-refractivity contribution in [3.8, 4) is 0 Å². The number of piperidine rings is 1. The van der Waals surface area contributed by atoms with Crippen molar-refractivity contribution >= 4 is 17.2 Å². The number of aryl methyl sites for hydroxylation is 1. The van der Waals surface area contributed by atoms with E-state index in [4.69, 9.17) is 5.73 Å². The topological polar surface area (TPSA) is 46.3 Å². The van der Waals surface area contributed by atoms with Crippen LogP contribution in [0.2, 0.25) is 0 Å². The van der Waals surface area contributed by atoms with Gasteiger partial charge in [0.25, 0.3) is 5.91 Å². The molecule has 3 nitrogen and oxygen atoms in total. The number of likely N-dealkylation sites (tertiary alicyclic amines) is 1. The van der Waals surface area contributed by atoms with Crippen molar-refractivity contribution in [2.24, 2.45) is 5.73 Å². The normalized spacial score (nSPS) is 25.8. The Morgan fingerprint density at radius 3 is 2.88 bits per heavy atom. The summed E-state index contributed by atoms with van der Waals surface area (Å²) in [6.07, 6.45) is 1.83. The number of thiophene rings is 1. The van der Waals surface area contributed by atoms with Crippen LogP contribution < -0.4 is 5.73 Å². The summed E-state index contributed by atoms with van der Waals surface area (Å²) < 4.78 is 0. The van der Waals surface area contributed by atoms with E-state index in [1.54, 1.807) is 11.3 Å². The van der Waals surface area contributed by atoms with Crippen molar-refractivity contribution in [1.29, 1.82) is 0 Å². The van der Waals surface area contributed by atoms with Crippen LogP contribution in [0.25, 0.3) is 0 Å². The summed E-state index contributed by atoms with van der Waals surface area (Å²) in [5.74, 6) is 0.164. The molecule has 1 amide bonds. The van der Waals surface area contributed by atoms with E-state index in [2.05, 4.69) is 6.92 Å². The third kappa shape index (κ3) is 2.28. The van der Waals surface area contributed by atoms with Gasteiger partial charge in [0, 0.05) is 23.5 Å². The molecule has 1 aliphatic heterocycles. The van der Waals surface area contributed by atoms with Crippen LogP contribution in [0.5, 0.6) is 0 Å². The quantitative estimate of drug-likeness (QED) is 0.813. The van der Waals surface area contributed by atoms with E-state index in [0.717, 1.165) is 24.3 Å². The predicted octanol–water partition coefficient (Wildman–Crippen LogP) is 2.01. The highest BCUT2D eigenvalue weighted by Crippen LogP contribution is 2.22. The molecule has 2 heterocycles. The van der Waals surface area contributed by atoms with Gasteiger partial charge >= 0.3 is 0 Å². The Morgan fingerprint density at radius 2 is 2.31 bits per heavy atom. The summed E-state index contributed by atoms with van der Waals surface area (Å²) in [5, 5.41) is 0. The minimum absolute atomic E-state index is 0.164. The zero-order valence-corrected chi connectivity index (χ0v) is 10.6. The van der Waals surface area contributed by atoms with Crippen LogP contribution in [0.3, 0.4) is 0 Å². The number of carbonyl (C=O) groups excluding carboxylic acids is 1. The summed E-state index contributed by atoms with van der Waals surface area (Å²) >= 11 is 1.57. The molecule has 1 aromatic heterocycles. The molecule has 4 heteroatoms. The lowest BCUT2D eigenvalue weighted by Gasteiger charge is -2.36. The number of nitrogens with two attached hydrogens (primary N) is 1. The second-order valence-corrected chi connectivity index (χ2v) is 5.83. The summed E-state index contributed by atoms with van der Waals surface area (Å²) in [6.45, 7) is 4.90. The fourth-order valence-electron chi connectivity index (χ4n) is 2.20. The smallest absolute Gasteiger partial charge is 0.264 e. The van der Waals surface area contributed by atoms with Gasteiger partial charge in [-0.05, 0) is 38.8 Å². The van der Waals surface area contributed by atoms with Crippen molar-refractivity contribution in [3.63, 3.8) is 0 Å². The minimum Gasteiger partial charge on any atom is -0.335 e. The largest absolute Gasteiger partial charge is 0.335 e. The third-order valence-corrected chi connectivity index (χ3v) is 4.12. The van der Waals surface area contributed by atoms with Crippen molar-refractivity contribution < 1.29 is 4.79 Å². The minimum atomic E-state index is 0.164. The van der Waals surface area contributed by atoms with Gasteiger partial charge in [-0.1, -0.05) is 0 Å². The molecule has 1 fully saturated rings. The molecule has 0 spiro atoms. The number of amides is 1. The SMILES string of the molecule is Cc1ccc(C(=O)N2CCC(N)CC2C)s1. The molecule has 16 heavy (non-hydrogen) atoms. The Balaban J connectivity index is 2.10. The van der Waals surface area contributed by atoms with Crippen LogP contribution in [-0.2, 0) is 0 Å². The number of carbonyl (C=O) groups is 1. The Kier molecular flexibility index (Phi) is 3.30. The van der Waals surface area contributed by atoms with Crippen LogP contribution in [0.4, 0.5) is 0 Å². The van der Waals surface area contributed by atoms with Gasteiger partial charge in [0.05, 0.1) is 4.88 Å². The molecule has 1 aromatic rings. The van der Waals surface area contributed by atoms with Crippen LogP contribution in [0.15, 0.2) is 12.1 Å². The van der Waals surface area contributed by atoms with Gasteiger partial charge in [-0.3, -0.25) is 4.79 Å². The number of nitrogens with zero attached hydrogens (tertiary/aromatic N) is 1. The second-order valence-electron chi connectivity index (χ2n) is 4.54. The molecular formula is C12H18N2OS. The van der Waals surface area contributed by atoms with Gasteiger partial charge in [0.2, 0.25) is 0 Å². The Bertz CT molecular complexity index is 388. The molecule has 88 valence electrons. The summed E-state index contributed by atoms with van der Waals surface area (Å²) in [7, 11) is 0. The fraction of sp³-hybridized carbons (Fsp3) is 0.583. The maximum Gasteiger partial charge on any atom is 0.264 e. The Labute approximate surface area is 100 Å². The predicted molar refractivity (Wildman–Crippen MR) is 66.8 cm³/mol. The van der Waals surface area contributed by atoms with Crippen LogP contribution in [0, 0.1) is 6.92 Å². The molecule has 0 aromatic carbocycles. The van der Waals surface area contributed by atoms with Gasteiger partial charge < -0.3 is 10.6 Å². The van der Waals surface area contributed by atoms with E-state index >= 15 is 0 Å². The van der Waals surface area contributed by atoms with Crippen LogP contribution in [0.1, 0.15) is 34.3 Å². The third-order valence-electron chi connectivity index (χ3n) is 3.13. The van der Waals surface area contributed by atoms with Crippen molar-refractivity contribution in [3.05, 3.63) is 21.9 Å². The van der Waals surface area contributed by atoms with Crippen molar-refractivity contribution in [2.75, 3.05) is 6.54 Å². The van der Waals surface area contributed by atoms with Gasteiger partial charge in [-0.15, -0.1) is 11.3 Å². The summed E-state index contributed by atoms with van der Waals surface area (Å²) in [6, 6.07) is 4.43. The van der Waals surface area contributed by atoms with E-state index in [0.29, 0.717) is 0 Å². The zero-order valence-electron chi connectivity index (χ0n) is 9.77. The van der Waals surface area contributed by atoms with Gasteiger partial charge in [-0.25, -0.2) is 0 Å². The second kappa shape index (κ2) is 4.55. The highest BCUT2D eigenvalue weighted by atomic mass is 32.1. The average molecular weight is 238 g/mol. The Hall–Kier alpha value is -0.870. The number of hydrogen-bond acceptors (Lipinski definition) is 3. The standard InChI is InChI=1S/C12H18N2OS/c1-8-7-10(13)5-6-14(8)12(15)11-4-3-9(2)16-11/h3-4,8,10H,5-7,13H2,1-2H3.